The third kappa shape index (κ3) is 3.13. The SMILES string of the molecule is CC(C)c1nc2cc(CCNC(=O)c3ccco3)ccc2n1C. The number of hydrogen-bond donors (Lipinski definition) is 1. The van der Waals surface area contributed by atoms with Crippen LogP contribution in [0.5, 0.6) is 0 Å². The lowest BCUT2D eigenvalue weighted by Crippen LogP contribution is -2.25. The van der Waals surface area contributed by atoms with Crippen LogP contribution < -0.4 is 5.32 Å². The van der Waals surface area contributed by atoms with Gasteiger partial charge in [-0.25, -0.2) is 4.98 Å². The van der Waals surface area contributed by atoms with Crippen LogP contribution in [-0.2, 0) is 13.5 Å². The number of hydrogen-bond acceptors (Lipinski definition) is 3. The Bertz CT molecular complexity index is 816. The number of carbonyl (C=O) groups excluding carboxylic acids is 1. The van der Waals surface area contributed by atoms with E-state index in [2.05, 4.69) is 41.9 Å². The number of benzene rings is 1. The molecule has 0 aliphatic heterocycles. The molecule has 3 rings (SSSR count). The molecule has 0 saturated heterocycles. The van der Waals surface area contributed by atoms with E-state index in [1.165, 1.54) is 6.26 Å². The van der Waals surface area contributed by atoms with Crippen LogP contribution in [0.15, 0.2) is 41.0 Å². The molecule has 1 amide bonds. The zero-order chi connectivity index (χ0) is 16.4. The summed E-state index contributed by atoms with van der Waals surface area (Å²) in [6, 6.07) is 9.64. The van der Waals surface area contributed by atoms with E-state index in [0.29, 0.717) is 18.2 Å². The summed E-state index contributed by atoms with van der Waals surface area (Å²) in [5.41, 5.74) is 3.30. The average molecular weight is 311 g/mol. The molecule has 0 unspecified atom stereocenters. The summed E-state index contributed by atoms with van der Waals surface area (Å²) < 4.78 is 7.21. The topological polar surface area (TPSA) is 60.1 Å². The molecule has 1 aromatic carbocycles. The van der Waals surface area contributed by atoms with Crippen LogP contribution in [0, 0.1) is 0 Å². The molecule has 0 spiro atoms. The Morgan fingerprint density at radius 2 is 2.17 bits per heavy atom. The first-order valence-corrected chi connectivity index (χ1v) is 7.83. The number of nitrogens with one attached hydrogen (secondary N) is 1. The van der Waals surface area contributed by atoms with E-state index in [9.17, 15) is 4.79 Å². The Hall–Kier alpha value is -2.56. The van der Waals surface area contributed by atoms with Crippen molar-refractivity contribution >= 4 is 16.9 Å². The van der Waals surface area contributed by atoms with Gasteiger partial charge in [0.05, 0.1) is 17.3 Å². The number of fused-ring (bicyclic) bond motifs is 1. The summed E-state index contributed by atoms with van der Waals surface area (Å²) in [4.78, 5) is 16.5. The highest BCUT2D eigenvalue weighted by Gasteiger charge is 2.11. The molecule has 0 atom stereocenters. The first-order valence-electron chi connectivity index (χ1n) is 7.83. The second-order valence-electron chi connectivity index (χ2n) is 5.99. The highest BCUT2D eigenvalue weighted by Crippen LogP contribution is 2.21. The number of aryl methyl sites for hydroxylation is 1. The highest BCUT2D eigenvalue weighted by atomic mass is 16.3. The predicted octanol–water partition coefficient (Wildman–Crippen LogP) is 3.26. The number of furan rings is 1. The molecule has 2 aromatic heterocycles. The molecule has 5 heteroatoms. The molecule has 3 aromatic rings. The zero-order valence-electron chi connectivity index (χ0n) is 13.7. The first-order chi connectivity index (χ1) is 11.1. The zero-order valence-corrected chi connectivity index (χ0v) is 13.7. The Morgan fingerprint density at radius 3 is 2.87 bits per heavy atom. The van der Waals surface area contributed by atoms with Crippen LogP contribution in [0.2, 0.25) is 0 Å². The number of rotatable bonds is 5. The molecule has 23 heavy (non-hydrogen) atoms. The van der Waals surface area contributed by atoms with Crippen molar-refractivity contribution in [2.45, 2.75) is 26.2 Å². The lowest BCUT2D eigenvalue weighted by molar-refractivity contribution is 0.0926. The van der Waals surface area contributed by atoms with Gasteiger partial charge in [-0.05, 0) is 36.2 Å². The summed E-state index contributed by atoms with van der Waals surface area (Å²) >= 11 is 0. The van der Waals surface area contributed by atoms with Crippen LogP contribution in [0.4, 0.5) is 0 Å². The minimum atomic E-state index is -0.184. The van der Waals surface area contributed by atoms with Gasteiger partial charge < -0.3 is 14.3 Å². The molecule has 0 saturated carbocycles. The number of imidazole rings is 1. The van der Waals surface area contributed by atoms with E-state index in [1.807, 2.05) is 7.05 Å². The summed E-state index contributed by atoms with van der Waals surface area (Å²) in [6.07, 6.45) is 2.26. The number of nitrogens with zero attached hydrogens (tertiary/aromatic N) is 2. The Balaban J connectivity index is 1.68. The maximum absolute atomic E-state index is 11.8. The minimum Gasteiger partial charge on any atom is -0.459 e. The molecule has 0 bridgehead atoms. The molecule has 0 aliphatic rings. The third-order valence-corrected chi connectivity index (χ3v) is 3.94. The van der Waals surface area contributed by atoms with Gasteiger partial charge in [0.15, 0.2) is 5.76 Å². The van der Waals surface area contributed by atoms with Crippen LogP contribution in [0.25, 0.3) is 11.0 Å². The van der Waals surface area contributed by atoms with Gasteiger partial charge in [0.1, 0.15) is 5.82 Å². The van der Waals surface area contributed by atoms with Crippen molar-refractivity contribution in [3.63, 3.8) is 0 Å². The molecule has 0 fully saturated rings. The molecule has 0 aliphatic carbocycles. The molecule has 1 N–H and O–H groups in total. The molecule has 2 heterocycles. The number of amides is 1. The quantitative estimate of drug-likeness (QED) is 0.786. The standard InChI is InChI=1S/C18H21N3O2/c1-12(2)17-20-14-11-13(6-7-15(14)21(17)3)8-9-19-18(22)16-5-4-10-23-16/h4-7,10-12H,8-9H2,1-3H3,(H,19,22). The van der Waals surface area contributed by atoms with E-state index >= 15 is 0 Å². The number of aromatic nitrogens is 2. The van der Waals surface area contributed by atoms with Crippen molar-refractivity contribution in [3.05, 3.63) is 53.7 Å². The fourth-order valence-corrected chi connectivity index (χ4v) is 2.75. The predicted molar refractivity (Wildman–Crippen MR) is 89.5 cm³/mol. The molecule has 0 radical (unpaired) electrons. The van der Waals surface area contributed by atoms with Crippen molar-refractivity contribution in [2.75, 3.05) is 6.54 Å². The normalized spacial score (nSPS) is 11.3. The lowest BCUT2D eigenvalue weighted by atomic mass is 10.1. The van der Waals surface area contributed by atoms with Gasteiger partial charge in [-0.1, -0.05) is 19.9 Å². The first kappa shape index (κ1) is 15.3. The summed E-state index contributed by atoms with van der Waals surface area (Å²) in [6.45, 7) is 4.85. The Morgan fingerprint density at radius 1 is 1.35 bits per heavy atom. The van der Waals surface area contributed by atoms with Gasteiger partial charge in [0.2, 0.25) is 0 Å². The van der Waals surface area contributed by atoms with Crippen molar-refractivity contribution in [1.82, 2.24) is 14.9 Å². The van der Waals surface area contributed by atoms with Crippen molar-refractivity contribution < 1.29 is 9.21 Å². The van der Waals surface area contributed by atoms with Crippen LogP contribution >= 0.6 is 0 Å². The van der Waals surface area contributed by atoms with Gasteiger partial charge in [0.25, 0.3) is 5.91 Å². The number of carbonyl (C=O) groups is 1. The fourth-order valence-electron chi connectivity index (χ4n) is 2.75. The van der Waals surface area contributed by atoms with Crippen LogP contribution in [0.1, 0.15) is 41.7 Å². The van der Waals surface area contributed by atoms with Gasteiger partial charge >= 0.3 is 0 Å². The van der Waals surface area contributed by atoms with Crippen LogP contribution in [0.3, 0.4) is 0 Å². The van der Waals surface area contributed by atoms with Gasteiger partial charge in [0, 0.05) is 19.5 Å². The molecule has 120 valence electrons. The summed E-state index contributed by atoms with van der Waals surface area (Å²) in [5.74, 6) is 1.63. The third-order valence-electron chi connectivity index (χ3n) is 3.94. The highest BCUT2D eigenvalue weighted by molar-refractivity contribution is 5.91. The maximum atomic E-state index is 11.8. The smallest absolute Gasteiger partial charge is 0.286 e. The van der Waals surface area contributed by atoms with Crippen molar-refractivity contribution in [3.8, 4) is 0 Å². The Kier molecular flexibility index (Phi) is 4.19. The van der Waals surface area contributed by atoms with E-state index in [-0.39, 0.29) is 5.91 Å². The molecular weight excluding hydrogens is 290 g/mol. The lowest BCUT2D eigenvalue weighted by Gasteiger charge is -2.05. The fraction of sp³-hybridized carbons (Fsp3) is 0.333. The van der Waals surface area contributed by atoms with Crippen molar-refractivity contribution in [2.24, 2.45) is 7.05 Å². The van der Waals surface area contributed by atoms with E-state index in [1.54, 1.807) is 12.1 Å². The summed E-state index contributed by atoms with van der Waals surface area (Å²) in [7, 11) is 2.05. The monoisotopic (exact) mass is 311 g/mol. The van der Waals surface area contributed by atoms with E-state index in [4.69, 9.17) is 9.40 Å². The van der Waals surface area contributed by atoms with E-state index in [0.717, 1.165) is 28.8 Å². The minimum absolute atomic E-state index is 0.184. The second-order valence-corrected chi connectivity index (χ2v) is 5.99. The molecule has 5 nitrogen and oxygen atoms in total. The second kappa shape index (κ2) is 6.28. The van der Waals surface area contributed by atoms with Gasteiger partial charge in [-0.2, -0.15) is 0 Å². The summed E-state index contributed by atoms with van der Waals surface area (Å²) in [5, 5.41) is 2.86. The van der Waals surface area contributed by atoms with Gasteiger partial charge in [-0.15, -0.1) is 0 Å². The van der Waals surface area contributed by atoms with Gasteiger partial charge in [-0.3, -0.25) is 4.79 Å². The molecular formula is C18H21N3O2. The Labute approximate surface area is 135 Å². The average Bonchev–Trinajstić information content (AvgIpc) is 3.15. The maximum Gasteiger partial charge on any atom is 0.286 e. The van der Waals surface area contributed by atoms with E-state index < -0.39 is 0 Å². The van der Waals surface area contributed by atoms with Crippen LogP contribution in [-0.4, -0.2) is 22.0 Å². The van der Waals surface area contributed by atoms with Crippen molar-refractivity contribution in [1.29, 1.82) is 0 Å². The largest absolute Gasteiger partial charge is 0.459 e.